The molecule has 0 spiro atoms. The van der Waals surface area contributed by atoms with E-state index in [1.54, 1.807) is 4.90 Å². The Kier molecular flexibility index (Phi) is 3.46. The molecule has 18 heavy (non-hydrogen) atoms. The molecule has 0 amide bonds. The van der Waals surface area contributed by atoms with Crippen molar-refractivity contribution in [2.24, 2.45) is 0 Å². The second-order valence-electron chi connectivity index (χ2n) is 4.23. The van der Waals surface area contributed by atoms with Crippen LogP contribution >= 0.6 is 0 Å². The Morgan fingerprint density at radius 2 is 2.11 bits per heavy atom. The number of hydrogen-bond donors (Lipinski definition) is 1. The second kappa shape index (κ2) is 5.04. The SMILES string of the molecule is CCN(CC(=O)O)c1nc2ccccc2cc1C. The molecule has 2 aromatic rings. The molecule has 0 bridgehead atoms. The minimum absolute atomic E-state index is 0.0251. The first-order valence-electron chi connectivity index (χ1n) is 5.95. The maximum Gasteiger partial charge on any atom is 0.323 e. The second-order valence-corrected chi connectivity index (χ2v) is 4.23. The predicted molar refractivity (Wildman–Crippen MR) is 72.0 cm³/mol. The van der Waals surface area contributed by atoms with Crippen LogP contribution < -0.4 is 4.90 Å². The molecule has 4 heteroatoms. The number of anilines is 1. The van der Waals surface area contributed by atoms with E-state index in [2.05, 4.69) is 4.98 Å². The number of carboxylic acid groups (broad SMARTS) is 1. The summed E-state index contributed by atoms with van der Waals surface area (Å²) in [4.78, 5) is 17.2. The van der Waals surface area contributed by atoms with Gasteiger partial charge in [-0.25, -0.2) is 4.98 Å². The van der Waals surface area contributed by atoms with Crippen LogP contribution in [0.3, 0.4) is 0 Å². The van der Waals surface area contributed by atoms with Gasteiger partial charge in [0.1, 0.15) is 12.4 Å². The summed E-state index contributed by atoms with van der Waals surface area (Å²) < 4.78 is 0. The number of rotatable bonds is 4. The van der Waals surface area contributed by atoms with Gasteiger partial charge in [0.15, 0.2) is 0 Å². The normalized spacial score (nSPS) is 10.6. The van der Waals surface area contributed by atoms with Gasteiger partial charge in [-0.3, -0.25) is 4.79 Å². The Hall–Kier alpha value is -2.10. The van der Waals surface area contributed by atoms with Crippen LogP contribution in [0.4, 0.5) is 5.82 Å². The summed E-state index contributed by atoms with van der Waals surface area (Å²) in [6, 6.07) is 9.89. The zero-order valence-corrected chi connectivity index (χ0v) is 10.6. The molecule has 0 aliphatic carbocycles. The lowest BCUT2D eigenvalue weighted by Gasteiger charge is -2.22. The van der Waals surface area contributed by atoms with E-state index in [-0.39, 0.29) is 6.54 Å². The largest absolute Gasteiger partial charge is 0.480 e. The van der Waals surface area contributed by atoms with Crippen molar-refractivity contribution in [1.82, 2.24) is 4.98 Å². The van der Waals surface area contributed by atoms with Crippen molar-refractivity contribution in [3.8, 4) is 0 Å². The van der Waals surface area contributed by atoms with Crippen molar-refractivity contribution < 1.29 is 9.90 Å². The summed E-state index contributed by atoms with van der Waals surface area (Å²) in [5.74, 6) is -0.0928. The van der Waals surface area contributed by atoms with Gasteiger partial charge in [0.25, 0.3) is 0 Å². The molecule has 0 saturated heterocycles. The zero-order chi connectivity index (χ0) is 13.1. The number of benzene rings is 1. The summed E-state index contributed by atoms with van der Waals surface area (Å²) in [5, 5.41) is 9.99. The summed E-state index contributed by atoms with van der Waals surface area (Å²) in [6.45, 7) is 4.49. The minimum atomic E-state index is -0.841. The average Bonchev–Trinajstić information content (AvgIpc) is 2.35. The number of carbonyl (C=O) groups is 1. The molecular formula is C14H16N2O2. The first-order valence-corrected chi connectivity index (χ1v) is 5.95. The fourth-order valence-corrected chi connectivity index (χ4v) is 2.03. The van der Waals surface area contributed by atoms with E-state index in [4.69, 9.17) is 5.11 Å². The molecule has 2 rings (SSSR count). The maximum atomic E-state index is 10.8. The van der Waals surface area contributed by atoms with Crippen molar-refractivity contribution in [3.63, 3.8) is 0 Å². The lowest BCUT2D eigenvalue weighted by molar-refractivity contribution is -0.135. The molecule has 0 aliphatic rings. The van der Waals surface area contributed by atoms with E-state index < -0.39 is 5.97 Å². The van der Waals surface area contributed by atoms with Crippen LogP contribution in [0.15, 0.2) is 30.3 Å². The molecule has 1 N–H and O–H groups in total. The molecule has 0 fully saturated rings. The molecule has 0 atom stereocenters. The number of nitrogens with zero attached hydrogens (tertiary/aromatic N) is 2. The van der Waals surface area contributed by atoms with E-state index in [9.17, 15) is 4.79 Å². The summed E-state index contributed by atoms with van der Waals surface area (Å²) in [7, 11) is 0. The first kappa shape index (κ1) is 12.4. The fourth-order valence-electron chi connectivity index (χ4n) is 2.03. The number of pyridine rings is 1. The number of hydrogen-bond acceptors (Lipinski definition) is 3. The highest BCUT2D eigenvalue weighted by atomic mass is 16.4. The molecule has 0 unspecified atom stereocenters. The van der Waals surface area contributed by atoms with Crippen molar-refractivity contribution in [3.05, 3.63) is 35.9 Å². The number of carboxylic acids is 1. The van der Waals surface area contributed by atoms with Crippen LogP contribution in [0.1, 0.15) is 12.5 Å². The Morgan fingerprint density at radius 1 is 1.39 bits per heavy atom. The Labute approximate surface area is 106 Å². The van der Waals surface area contributed by atoms with Gasteiger partial charge in [-0.2, -0.15) is 0 Å². The highest BCUT2D eigenvalue weighted by Crippen LogP contribution is 2.22. The third-order valence-electron chi connectivity index (χ3n) is 2.90. The van der Waals surface area contributed by atoms with Crippen molar-refractivity contribution >= 4 is 22.7 Å². The van der Waals surface area contributed by atoms with Gasteiger partial charge in [-0.1, -0.05) is 18.2 Å². The molecule has 0 radical (unpaired) electrons. The minimum Gasteiger partial charge on any atom is -0.480 e. The van der Waals surface area contributed by atoms with Gasteiger partial charge in [0.05, 0.1) is 5.52 Å². The third-order valence-corrected chi connectivity index (χ3v) is 2.90. The lowest BCUT2D eigenvalue weighted by Crippen LogP contribution is -2.30. The van der Waals surface area contributed by atoms with E-state index in [0.29, 0.717) is 6.54 Å². The lowest BCUT2D eigenvalue weighted by atomic mass is 10.1. The van der Waals surface area contributed by atoms with Crippen molar-refractivity contribution in [2.45, 2.75) is 13.8 Å². The van der Waals surface area contributed by atoms with Gasteiger partial charge in [-0.15, -0.1) is 0 Å². The molecular weight excluding hydrogens is 228 g/mol. The molecule has 94 valence electrons. The quantitative estimate of drug-likeness (QED) is 0.897. The van der Waals surface area contributed by atoms with Crippen LogP contribution in [0.5, 0.6) is 0 Å². The number of aliphatic carboxylic acids is 1. The molecule has 0 saturated carbocycles. The molecule has 1 aromatic heterocycles. The number of aromatic nitrogens is 1. The smallest absolute Gasteiger partial charge is 0.323 e. The van der Waals surface area contributed by atoms with E-state index in [0.717, 1.165) is 22.3 Å². The standard InChI is InChI=1S/C14H16N2O2/c1-3-16(9-13(17)18)14-10(2)8-11-6-4-5-7-12(11)15-14/h4-8H,3,9H2,1-2H3,(H,17,18). The highest BCUT2D eigenvalue weighted by Gasteiger charge is 2.13. The van der Waals surface area contributed by atoms with Crippen LogP contribution in [0.2, 0.25) is 0 Å². The van der Waals surface area contributed by atoms with Crippen LogP contribution in [0, 0.1) is 6.92 Å². The number of likely N-dealkylation sites (N-methyl/N-ethyl adjacent to an activating group) is 1. The Bertz CT molecular complexity index is 581. The topological polar surface area (TPSA) is 53.4 Å². The van der Waals surface area contributed by atoms with Gasteiger partial charge in [0.2, 0.25) is 0 Å². The van der Waals surface area contributed by atoms with Crippen molar-refractivity contribution in [2.75, 3.05) is 18.0 Å². The molecule has 4 nitrogen and oxygen atoms in total. The first-order chi connectivity index (χ1) is 8.61. The fraction of sp³-hybridized carbons (Fsp3) is 0.286. The summed E-state index contributed by atoms with van der Waals surface area (Å²) >= 11 is 0. The predicted octanol–water partition coefficient (Wildman–Crippen LogP) is 2.45. The maximum absolute atomic E-state index is 10.8. The number of aryl methyl sites for hydroxylation is 1. The van der Waals surface area contributed by atoms with E-state index >= 15 is 0 Å². The Morgan fingerprint density at radius 3 is 2.78 bits per heavy atom. The third kappa shape index (κ3) is 2.42. The molecule has 1 aromatic carbocycles. The van der Waals surface area contributed by atoms with Gasteiger partial charge >= 0.3 is 5.97 Å². The monoisotopic (exact) mass is 244 g/mol. The Balaban J connectivity index is 2.48. The number of fused-ring (bicyclic) bond motifs is 1. The molecule has 1 heterocycles. The van der Waals surface area contributed by atoms with Crippen LogP contribution in [-0.2, 0) is 4.79 Å². The van der Waals surface area contributed by atoms with Gasteiger partial charge in [-0.05, 0) is 31.5 Å². The highest BCUT2D eigenvalue weighted by molar-refractivity contribution is 5.82. The van der Waals surface area contributed by atoms with Crippen LogP contribution in [-0.4, -0.2) is 29.1 Å². The summed E-state index contributed by atoms with van der Waals surface area (Å²) in [5.41, 5.74) is 1.89. The van der Waals surface area contributed by atoms with Gasteiger partial charge in [0, 0.05) is 11.9 Å². The van der Waals surface area contributed by atoms with Gasteiger partial charge < -0.3 is 10.0 Å². The summed E-state index contributed by atoms with van der Waals surface area (Å²) in [6.07, 6.45) is 0. The van der Waals surface area contributed by atoms with E-state index in [1.165, 1.54) is 0 Å². The van der Waals surface area contributed by atoms with E-state index in [1.807, 2.05) is 44.2 Å². The zero-order valence-electron chi connectivity index (χ0n) is 10.6. The van der Waals surface area contributed by atoms with Crippen molar-refractivity contribution in [1.29, 1.82) is 0 Å². The average molecular weight is 244 g/mol. The molecule has 0 aliphatic heterocycles. The van der Waals surface area contributed by atoms with Crippen LogP contribution in [0.25, 0.3) is 10.9 Å². The number of para-hydroxylation sites is 1.